The summed E-state index contributed by atoms with van der Waals surface area (Å²) in [6, 6.07) is 2.09. The third-order valence-corrected chi connectivity index (χ3v) is 8.55. The Kier molecular flexibility index (Phi) is 9.66. The van der Waals surface area contributed by atoms with Crippen LogP contribution in [0.3, 0.4) is 0 Å². The molecule has 204 valence electrons. The van der Waals surface area contributed by atoms with Crippen LogP contribution in [-0.4, -0.2) is 87.5 Å². The number of piperazine rings is 1. The van der Waals surface area contributed by atoms with Crippen molar-refractivity contribution in [3.63, 3.8) is 0 Å². The lowest BCUT2D eigenvalue weighted by Crippen LogP contribution is -2.52. The zero-order chi connectivity index (χ0) is 27.2. The number of nitrogens with zero attached hydrogens (tertiary/aromatic N) is 6. The van der Waals surface area contributed by atoms with Crippen LogP contribution in [-0.2, 0) is 11.3 Å². The fourth-order valence-corrected chi connectivity index (χ4v) is 6.59. The van der Waals surface area contributed by atoms with E-state index >= 15 is 0 Å². The van der Waals surface area contributed by atoms with Gasteiger partial charge in [0, 0.05) is 49.0 Å². The van der Waals surface area contributed by atoms with Crippen LogP contribution in [0.5, 0.6) is 0 Å². The summed E-state index contributed by atoms with van der Waals surface area (Å²) in [7, 11) is 2.07. The summed E-state index contributed by atoms with van der Waals surface area (Å²) in [6.07, 6.45) is 4.27. The molecule has 0 aliphatic carbocycles. The average molecular weight is 578 g/mol. The van der Waals surface area contributed by atoms with Crippen LogP contribution >= 0.6 is 34.3 Å². The largest absolute Gasteiger partial charge is 0.481 e. The van der Waals surface area contributed by atoms with Gasteiger partial charge in [-0.25, -0.2) is 15.0 Å². The highest BCUT2D eigenvalue weighted by molar-refractivity contribution is 7.17. The van der Waals surface area contributed by atoms with Crippen molar-refractivity contribution < 1.29 is 14.7 Å². The van der Waals surface area contributed by atoms with Crippen molar-refractivity contribution in [2.75, 3.05) is 50.0 Å². The Morgan fingerprint density at radius 2 is 2.11 bits per heavy atom. The lowest BCUT2D eigenvalue weighted by molar-refractivity contribution is -0.137. The van der Waals surface area contributed by atoms with Crippen molar-refractivity contribution >= 4 is 57.1 Å². The van der Waals surface area contributed by atoms with Crippen molar-refractivity contribution in [3.05, 3.63) is 39.4 Å². The number of aromatic nitrogens is 3. The van der Waals surface area contributed by atoms with E-state index in [-0.39, 0.29) is 24.1 Å². The minimum Gasteiger partial charge on any atom is -0.481 e. The van der Waals surface area contributed by atoms with E-state index in [2.05, 4.69) is 50.9 Å². The van der Waals surface area contributed by atoms with Gasteiger partial charge in [0.05, 0.1) is 34.4 Å². The maximum absolute atomic E-state index is 13.0. The smallest absolute Gasteiger partial charge is 0.304 e. The number of amides is 1. The number of carbonyl (C=O) groups is 2. The van der Waals surface area contributed by atoms with E-state index in [0.29, 0.717) is 35.6 Å². The number of hydrogen-bond donors (Lipinski definition) is 2. The summed E-state index contributed by atoms with van der Waals surface area (Å²) in [6.45, 7) is 8.61. The molecule has 1 saturated heterocycles. The van der Waals surface area contributed by atoms with Gasteiger partial charge in [0.1, 0.15) is 11.5 Å². The molecule has 4 heterocycles. The van der Waals surface area contributed by atoms with E-state index < -0.39 is 5.97 Å². The molecule has 1 aliphatic heterocycles. The van der Waals surface area contributed by atoms with Crippen LogP contribution in [0.1, 0.15) is 42.1 Å². The van der Waals surface area contributed by atoms with Gasteiger partial charge in [-0.1, -0.05) is 29.9 Å². The third kappa shape index (κ3) is 7.26. The lowest BCUT2D eigenvalue weighted by Gasteiger charge is -2.40. The molecule has 1 atom stereocenters. The molecule has 10 nitrogen and oxygen atoms in total. The topological polar surface area (TPSA) is 115 Å². The summed E-state index contributed by atoms with van der Waals surface area (Å²) in [4.78, 5) is 46.0. The van der Waals surface area contributed by atoms with Gasteiger partial charge in [-0.15, -0.1) is 11.3 Å². The number of aliphatic carboxylic acids is 1. The van der Waals surface area contributed by atoms with E-state index in [1.54, 1.807) is 6.20 Å². The highest BCUT2D eigenvalue weighted by Gasteiger charge is 2.25. The van der Waals surface area contributed by atoms with Crippen molar-refractivity contribution in [1.82, 2.24) is 24.8 Å². The van der Waals surface area contributed by atoms with Crippen molar-refractivity contribution in [2.45, 2.75) is 39.3 Å². The van der Waals surface area contributed by atoms with E-state index in [9.17, 15) is 9.59 Å². The molecule has 0 aromatic carbocycles. The third-order valence-electron chi connectivity index (χ3n) is 6.31. The second kappa shape index (κ2) is 12.9. The maximum atomic E-state index is 13.0. The first-order valence-electron chi connectivity index (χ1n) is 12.5. The van der Waals surface area contributed by atoms with E-state index in [1.807, 2.05) is 11.4 Å². The molecule has 0 saturated carbocycles. The lowest BCUT2D eigenvalue weighted by atomic mass is 10.2. The number of thiazole rings is 1. The number of anilines is 2. The standard InChI is InChI=1S/C25H32ClN7O3S2/c1-4-6-31(3)14-20-23(19-10-17(26)15-37-19)29-25(38-20)30-24(36)18-11-28-21(12-27-18)33-9-8-32(16(2)13-33)7-5-22(34)35/h10-12,15-16H,4-9,13-14H2,1-3H3,(H,34,35)(H,29,30,36)/t16-/m0/s1. The monoisotopic (exact) mass is 577 g/mol. The zero-order valence-corrected chi connectivity index (χ0v) is 24.1. The quantitative estimate of drug-likeness (QED) is 0.342. The Balaban J connectivity index is 1.41. The van der Waals surface area contributed by atoms with Gasteiger partial charge < -0.3 is 14.9 Å². The summed E-state index contributed by atoms with van der Waals surface area (Å²) in [5.41, 5.74) is 1.05. The fourth-order valence-electron chi connectivity index (χ4n) is 4.39. The number of hydrogen-bond acceptors (Lipinski definition) is 10. The molecule has 3 aromatic rings. The van der Waals surface area contributed by atoms with Crippen molar-refractivity contribution in [2.24, 2.45) is 0 Å². The first-order chi connectivity index (χ1) is 18.2. The van der Waals surface area contributed by atoms with Crippen molar-refractivity contribution in [1.29, 1.82) is 0 Å². The number of carboxylic acids is 1. The molecule has 0 spiro atoms. The molecule has 2 N–H and O–H groups in total. The Labute approximate surface area is 235 Å². The molecule has 3 aromatic heterocycles. The van der Waals surface area contributed by atoms with Crippen LogP contribution in [0.25, 0.3) is 10.6 Å². The van der Waals surface area contributed by atoms with Crippen LogP contribution < -0.4 is 10.2 Å². The fraction of sp³-hybridized carbons (Fsp3) is 0.480. The minimum absolute atomic E-state index is 0.131. The Morgan fingerprint density at radius 3 is 2.74 bits per heavy atom. The van der Waals surface area contributed by atoms with Gasteiger partial charge >= 0.3 is 5.97 Å². The Morgan fingerprint density at radius 1 is 1.29 bits per heavy atom. The van der Waals surface area contributed by atoms with E-state index in [0.717, 1.165) is 41.5 Å². The van der Waals surface area contributed by atoms with Gasteiger partial charge in [0.15, 0.2) is 5.13 Å². The number of nitrogens with one attached hydrogen (secondary N) is 1. The molecule has 0 bridgehead atoms. The van der Waals surface area contributed by atoms with Crippen LogP contribution in [0.15, 0.2) is 23.8 Å². The minimum atomic E-state index is -0.788. The van der Waals surface area contributed by atoms with E-state index in [1.165, 1.54) is 28.9 Å². The highest BCUT2D eigenvalue weighted by Crippen LogP contribution is 2.36. The second-order valence-corrected chi connectivity index (χ2v) is 11.8. The molecular formula is C25H32ClN7O3S2. The predicted molar refractivity (Wildman–Crippen MR) is 153 cm³/mol. The van der Waals surface area contributed by atoms with E-state index in [4.69, 9.17) is 21.7 Å². The Hall–Kier alpha value is -2.64. The molecule has 0 unspecified atom stereocenters. The molecule has 0 radical (unpaired) electrons. The molecule has 13 heteroatoms. The number of thiophene rings is 1. The van der Waals surface area contributed by atoms with Gasteiger partial charge in [-0.3, -0.25) is 19.8 Å². The first-order valence-corrected chi connectivity index (χ1v) is 14.6. The summed E-state index contributed by atoms with van der Waals surface area (Å²) in [5.74, 6) is -0.461. The van der Waals surface area contributed by atoms with Gasteiger partial charge in [0.2, 0.25) is 0 Å². The molecule has 1 fully saturated rings. The molecule has 38 heavy (non-hydrogen) atoms. The number of halogens is 1. The summed E-state index contributed by atoms with van der Waals surface area (Å²) in [5, 5.41) is 14.9. The molecular weight excluding hydrogens is 546 g/mol. The van der Waals surface area contributed by atoms with Crippen molar-refractivity contribution in [3.8, 4) is 10.6 Å². The zero-order valence-electron chi connectivity index (χ0n) is 21.7. The normalized spacial score (nSPS) is 16.2. The van der Waals surface area contributed by atoms with Crippen LogP contribution in [0, 0.1) is 0 Å². The molecule has 1 amide bonds. The van der Waals surface area contributed by atoms with Crippen LogP contribution in [0.2, 0.25) is 5.02 Å². The number of rotatable bonds is 11. The average Bonchev–Trinajstić information content (AvgIpc) is 3.48. The molecule has 4 rings (SSSR count). The second-order valence-electron chi connectivity index (χ2n) is 9.35. The number of carbonyl (C=O) groups excluding carboxylic acids is 1. The van der Waals surface area contributed by atoms with Crippen LogP contribution in [0.4, 0.5) is 10.9 Å². The molecule has 1 aliphatic rings. The predicted octanol–water partition coefficient (Wildman–Crippen LogP) is 4.39. The SMILES string of the molecule is CCCN(C)Cc1sc(NC(=O)c2cnc(N3CCN(CCC(=O)O)[C@@H](C)C3)cn2)nc1-c1cc(Cl)cs1. The van der Waals surface area contributed by atoms with Gasteiger partial charge in [-0.2, -0.15) is 0 Å². The number of carboxylic acid groups (broad SMARTS) is 1. The van der Waals surface area contributed by atoms with Gasteiger partial charge in [-0.05, 0) is 33.0 Å². The first kappa shape index (κ1) is 28.4. The van der Waals surface area contributed by atoms with Gasteiger partial charge in [0.25, 0.3) is 5.91 Å². The maximum Gasteiger partial charge on any atom is 0.304 e. The summed E-state index contributed by atoms with van der Waals surface area (Å²) < 4.78 is 0. The Bertz CT molecular complexity index is 1250. The summed E-state index contributed by atoms with van der Waals surface area (Å²) >= 11 is 9.15. The highest BCUT2D eigenvalue weighted by atomic mass is 35.5.